The van der Waals surface area contributed by atoms with Crippen LogP contribution >= 0.6 is 0 Å². The molecule has 4 rings (SSSR count). The molecule has 1 saturated heterocycles. The summed E-state index contributed by atoms with van der Waals surface area (Å²) < 4.78 is 2.12. The van der Waals surface area contributed by atoms with Crippen LogP contribution < -0.4 is 21.5 Å². The van der Waals surface area contributed by atoms with Gasteiger partial charge in [-0.05, 0) is 31.0 Å². The van der Waals surface area contributed by atoms with Crippen molar-refractivity contribution < 1.29 is 14.4 Å². The second-order valence-corrected chi connectivity index (χ2v) is 10.4. The fourth-order valence-corrected chi connectivity index (χ4v) is 4.66. The number of amides is 3. The van der Waals surface area contributed by atoms with Gasteiger partial charge in [-0.2, -0.15) is 0 Å². The molecule has 2 atom stereocenters. The molecule has 2 aliphatic rings. The lowest BCUT2D eigenvalue weighted by Crippen LogP contribution is -2.53. The second-order valence-electron chi connectivity index (χ2n) is 10.4. The van der Waals surface area contributed by atoms with Crippen molar-refractivity contribution in [1.82, 2.24) is 35.9 Å². The van der Waals surface area contributed by atoms with Gasteiger partial charge in [-0.3, -0.25) is 19.8 Å². The maximum Gasteiger partial charge on any atom is 0.272 e. The van der Waals surface area contributed by atoms with E-state index in [1.54, 1.807) is 7.05 Å². The Balaban J connectivity index is 1.69. The maximum atomic E-state index is 13.5. The molecule has 3 heterocycles. The fourth-order valence-electron chi connectivity index (χ4n) is 4.66. The van der Waals surface area contributed by atoms with Crippen LogP contribution in [-0.2, 0) is 22.7 Å². The van der Waals surface area contributed by atoms with Crippen molar-refractivity contribution in [2.75, 3.05) is 20.6 Å². The van der Waals surface area contributed by atoms with E-state index >= 15 is 0 Å². The van der Waals surface area contributed by atoms with Gasteiger partial charge in [0, 0.05) is 32.1 Å². The molecule has 1 fully saturated rings. The van der Waals surface area contributed by atoms with Crippen molar-refractivity contribution in [2.45, 2.75) is 58.8 Å². The molecule has 3 amide bonds. The number of imidazole rings is 1. The molecule has 35 heavy (non-hydrogen) atoms. The van der Waals surface area contributed by atoms with E-state index < -0.39 is 11.5 Å². The zero-order valence-electron chi connectivity index (χ0n) is 21.1. The van der Waals surface area contributed by atoms with E-state index in [1.807, 2.05) is 52.1 Å². The minimum atomic E-state index is -0.696. The Morgan fingerprint density at radius 3 is 2.49 bits per heavy atom. The monoisotopic (exact) mass is 481 g/mol. The van der Waals surface area contributed by atoms with E-state index in [0.29, 0.717) is 18.7 Å². The molecule has 0 radical (unpaired) electrons. The highest BCUT2D eigenvalue weighted by molar-refractivity contribution is 5.97. The number of hydrazine groups is 1. The Bertz CT molecular complexity index is 1120. The predicted molar refractivity (Wildman–Crippen MR) is 132 cm³/mol. The number of hydrogen-bond donors (Lipinski definition) is 4. The largest absolute Gasteiger partial charge is 0.357 e. The zero-order chi connectivity index (χ0) is 25.3. The summed E-state index contributed by atoms with van der Waals surface area (Å²) in [5.41, 5.74) is 8.27. The Morgan fingerprint density at radius 2 is 1.89 bits per heavy atom. The van der Waals surface area contributed by atoms with Crippen molar-refractivity contribution in [1.29, 1.82) is 0 Å². The van der Waals surface area contributed by atoms with E-state index in [1.165, 1.54) is 0 Å². The lowest BCUT2D eigenvalue weighted by molar-refractivity contribution is -0.124. The summed E-state index contributed by atoms with van der Waals surface area (Å²) in [5, 5.41) is 5.58. The van der Waals surface area contributed by atoms with Crippen LogP contribution in [0.2, 0.25) is 0 Å². The van der Waals surface area contributed by atoms with Crippen LogP contribution in [-0.4, -0.2) is 58.9 Å². The Morgan fingerprint density at radius 1 is 1.17 bits per heavy atom. The minimum absolute atomic E-state index is 0.0252. The van der Waals surface area contributed by atoms with Gasteiger partial charge in [-0.1, -0.05) is 45.0 Å². The van der Waals surface area contributed by atoms with Crippen molar-refractivity contribution in [2.24, 2.45) is 5.41 Å². The SMILES string of the molecule is CNC(=O)[C@@H](NC(=O)c1nc(-c2ccc(C3CC(=O)NN3)cc2)n2c1CN(C)CCC2)C(C)(C)C. The van der Waals surface area contributed by atoms with Gasteiger partial charge in [0.15, 0.2) is 5.69 Å². The first-order chi connectivity index (χ1) is 16.6. The van der Waals surface area contributed by atoms with Gasteiger partial charge < -0.3 is 20.1 Å². The normalized spacial score (nSPS) is 19.5. The molecule has 0 spiro atoms. The van der Waals surface area contributed by atoms with Crippen LogP contribution in [0.25, 0.3) is 11.4 Å². The number of carbonyl (C=O) groups excluding carboxylic acids is 3. The number of rotatable bonds is 5. The van der Waals surface area contributed by atoms with Crippen LogP contribution in [0.5, 0.6) is 0 Å². The maximum absolute atomic E-state index is 13.5. The number of aromatic nitrogens is 2. The van der Waals surface area contributed by atoms with E-state index in [4.69, 9.17) is 4.98 Å². The average Bonchev–Trinajstić information content (AvgIpc) is 3.34. The highest BCUT2D eigenvalue weighted by atomic mass is 16.2. The van der Waals surface area contributed by atoms with Crippen molar-refractivity contribution in [3.63, 3.8) is 0 Å². The Kier molecular flexibility index (Phi) is 6.95. The standard InChI is InChI=1S/C25H35N7O3/c1-25(2,3)21(24(35)26-4)28-23(34)20-18-14-31(5)11-6-12-32(18)22(27-20)16-9-7-15(8-10-16)17-13-19(33)30-29-17/h7-10,17,21,29H,6,11-14H2,1-5H3,(H,26,35)(H,28,34)(H,30,33)/t17?,21-/m1/s1. The van der Waals surface area contributed by atoms with Gasteiger partial charge in [-0.15, -0.1) is 0 Å². The summed E-state index contributed by atoms with van der Waals surface area (Å²) >= 11 is 0. The first-order valence-corrected chi connectivity index (χ1v) is 12.0. The smallest absolute Gasteiger partial charge is 0.272 e. The number of nitrogens with one attached hydrogen (secondary N) is 4. The molecular weight excluding hydrogens is 446 g/mol. The van der Waals surface area contributed by atoms with E-state index in [-0.39, 0.29) is 23.8 Å². The molecule has 0 saturated carbocycles. The van der Waals surface area contributed by atoms with Gasteiger partial charge in [0.2, 0.25) is 11.8 Å². The number of likely N-dealkylation sites (N-methyl/N-ethyl adjacent to an activating group) is 1. The summed E-state index contributed by atoms with van der Waals surface area (Å²) in [6.07, 6.45) is 1.34. The van der Waals surface area contributed by atoms with E-state index in [9.17, 15) is 14.4 Å². The minimum Gasteiger partial charge on any atom is -0.357 e. The molecule has 1 aromatic heterocycles. The van der Waals surface area contributed by atoms with Gasteiger partial charge in [-0.25, -0.2) is 10.4 Å². The molecular formula is C25H35N7O3. The first kappa shape index (κ1) is 24.9. The number of carbonyl (C=O) groups is 3. The lowest BCUT2D eigenvalue weighted by Gasteiger charge is -2.29. The summed E-state index contributed by atoms with van der Waals surface area (Å²) in [4.78, 5) is 44.5. The van der Waals surface area contributed by atoms with Gasteiger partial charge >= 0.3 is 0 Å². The number of hydrogen-bond acceptors (Lipinski definition) is 6. The highest BCUT2D eigenvalue weighted by Gasteiger charge is 2.34. The quantitative estimate of drug-likeness (QED) is 0.512. The predicted octanol–water partition coefficient (Wildman–Crippen LogP) is 1.34. The average molecular weight is 482 g/mol. The molecule has 1 unspecified atom stereocenters. The highest BCUT2D eigenvalue weighted by Crippen LogP contribution is 2.29. The first-order valence-electron chi connectivity index (χ1n) is 12.0. The van der Waals surface area contributed by atoms with Gasteiger partial charge in [0.1, 0.15) is 11.9 Å². The lowest BCUT2D eigenvalue weighted by atomic mass is 9.86. The summed E-state index contributed by atoms with van der Waals surface area (Å²) in [5.74, 6) is 0.114. The second kappa shape index (κ2) is 9.79. The molecule has 0 aliphatic carbocycles. The topological polar surface area (TPSA) is 120 Å². The zero-order valence-corrected chi connectivity index (χ0v) is 21.1. The Hall–Kier alpha value is -3.24. The summed E-state index contributed by atoms with van der Waals surface area (Å²) in [6, 6.07) is 7.17. The molecule has 2 aromatic rings. The molecule has 1 aromatic carbocycles. The fraction of sp³-hybridized carbons (Fsp3) is 0.520. The van der Waals surface area contributed by atoms with Crippen LogP contribution in [0.15, 0.2) is 24.3 Å². The van der Waals surface area contributed by atoms with Crippen LogP contribution in [0.3, 0.4) is 0 Å². The van der Waals surface area contributed by atoms with Crippen molar-refractivity contribution in [3.8, 4) is 11.4 Å². The van der Waals surface area contributed by atoms with Gasteiger partial charge in [0.25, 0.3) is 5.91 Å². The number of nitrogens with zero attached hydrogens (tertiary/aromatic N) is 3. The van der Waals surface area contributed by atoms with Crippen molar-refractivity contribution in [3.05, 3.63) is 41.2 Å². The molecule has 10 nitrogen and oxygen atoms in total. The van der Waals surface area contributed by atoms with Gasteiger partial charge in [0.05, 0.1) is 11.7 Å². The summed E-state index contributed by atoms with van der Waals surface area (Å²) in [7, 11) is 3.60. The van der Waals surface area contributed by atoms with Crippen LogP contribution in [0, 0.1) is 5.41 Å². The summed E-state index contributed by atoms with van der Waals surface area (Å²) in [6.45, 7) is 8.02. The number of fused-ring (bicyclic) bond motifs is 1. The molecule has 188 valence electrons. The molecule has 2 aliphatic heterocycles. The molecule has 0 bridgehead atoms. The third kappa shape index (κ3) is 5.23. The molecule has 4 N–H and O–H groups in total. The van der Waals surface area contributed by atoms with E-state index in [0.717, 1.165) is 42.2 Å². The third-order valence-corrected chi connectivity index (χ3v) is 6.63. The van der Waals surface area contributed by atoms with Crippen molar-refractivity contribution >= 4 is 17.7 Å². The van der Waals surface area contributed by atoms with Crippen LogP contribution in [0.1, 0.15) is 61.4 Å². The van der Waals surface area contributed by atoms with Crippen LogP contribution in [0.4, 0.5) is 0 Å². The molecule has 10 heteroatoms. The van der Waals surface area contributed by atoms with E-state index in [2.05, 4.69) is 31.0 Å². The Labute approximate surface area is 205 Å². The number of benzene rings is 1. The third-order valence-electron chi connectivity index (χ3n) is 6.63.